The molecule has 3 heterocycles. The zero-order valence-electron chi connectivity index (χ0n) is 13.4. The first-order chi connectivity index (χ1) is 10.0. The number of amides is 1. The van der Waals surface area contributed by atoms with E-state index >= 15 is 0 Å². The van der Waals surface area contributed by atoms with Crippen molar-refractivity contribution in [1.82, 2.24) is 20.4 Å². The Morgan fingerprint density at radius 1 is 1.36 bits per heavy atom. The van der Waals surface area contributed by atoms with E-state index in [1.807, 2.05) is 20.9 Å². The lowest BCUT2D eigenvalue weighted by Crippen LogP contribution is -2.49. The third kappa shape index (κ3) is 3.55. The van der Waals surface area contributed by atoms with Gasteiger partial charge >= 0.3 is 0 Å². The molecular formula is C15H25ClN4O2. The fourth-order valence-electron chi connectivity index (χ4n) is 3.55. The summed E-state index contributed by atoms with van der Waals surface area (Å²) < 4.78 is 7.42. The van der Waals surface area contributed by atoms with Crippen LogP contribution in [0.5, 0.6) is 5.75 Å². The number of nitrogens with one attached hydrogen (secondary N) is 2. The van der Waals surface area contributed by atoms with Gasteiger partial charge in [-0.25, -0.2) is 0 Å². The van der Waals surface area contributed by atoms with Gasteiger partial charge < -0.3 is 15.4 Å². The Kier molecular flexibility index (Phi) is 5.34. The maximum absolute atomic E-state index is 12.1. The molecule has 2 fully saturated rings. The molecule has 2 aliphatic rings. The molecule has 0 spiro atoms. The quantitative estimate of drug-likeness (QED) is 0.872. The van der Waals surface area contributed by atoms with Crippen LogP contribution < -0.4 is 15.4 Å². The predicted octanol–water partition coefficient (Wildman–Crippen LogP) is 1.24. The van der Waals surface area contributed by atoms with Crippen molar-refractivity contribution in [2.75, 3.05) is 6.61 Å². The summed E-state index contributed by atoms with van der Waals surface area (Å²) >= 11 is 0. The zero-order chi connectivity index (χ0) is 15.0. The third-order valence-electron chi connectivity index (χ3n) is 4.63. The van der Waals surface area contributed by atoms with Crippen LogP contribution in [0.1, 0.15) is 37.1 Å². The molecule has 0 aromatic carbocycles. The van der Waals surface area contributed by atoms with Crippen LogP contribution >= 0.6 is 12.4 Å². The molecule has 3 rings (SSSR count). The number of fused-ring (bicyclic) bond motifs is 2. The van der Waals surface area contributed by atoms with Crippen LogP contribution in [0.25, 0.3) is 0 Å². The van der Waals surface area contributed by atoms with Crippen LogP contribution in [-0.2, 0) is 11.8 Å². The van der Waals surface area contributed by atoms with Crippen LogP contribution in [0.3, 0.4) is 0 Å². The van der Waals surface area contributed by atoms with Gasteiger partial charge in [0.25, 0.3) is 5.91 Å². The Bertz CT molecular complexity index is 534. The minimum atomic E-state index is -0.0380. The van der Waals surface area contributed by atoms with E-state index in [1.165, 1.54) is 12.8 Å². The van der Waals surface area contributed by atoms with Crippen molar-refractivity contribution in [3.05, 3.63) is 11.4 Å². The maximum atomic E-state index is 12.1. The van der Waals surface area contributed by atoms with Crippen LogP contribution in [0.4, 0.5) is 0 Å². The van der Waals surface area contributed by atoms with E-state index in [9.17, 15) is 4.79 Å². The number of aryl methyl sites for hydroxylation is 2. The monoisotopic (exact) mass is 328 g/mol. The van der Waals surface area contributed by atoms with Crippen molar-refractivity contribution < 1.29 is 9.53 Å². The van der Waals surface area contributed by atoms with Gasteiger partial charge in [-0.3, -0.25) is 9.48 Å². The molecule has 22 heavy (non-hydrogen) atoms. The summed E-state index contributed by atoms with van der Waals surface area (Å²) in [6, 6.07) is 1.45. The molecule has 2 atom stereocenters. The van der Waals surface area contributed by atoms with E-state index in [0.717, 1.165) is 30.0 Å². The number of hydrogen-bond donors (Lipinski definition) is 2. The zero-order valence-corrected chi connectivity index (χ0v) is 14.2. The normalized spacial score (nSPS) is 26.4. The summed E-state index contributed by atoms with van der Waals surface area (Å²) in [7, 11) is 1.88. The van der Waals surface area contributed by atoms with Gasteiger partial charge in [0.15, 0.2) is 12.4 Å². The van der Waals surface area contributed by atoms with Gasteiger partial charge in [0.05, 0.1) is 5.69 Å². The number of halogens is 1. The summed E-state index contributed by atoms with van der Waals surface area (Å²) in [6.07, 6.45) is 4.55. The predicted molar refractivity (Wildman–Crippen MR) is 86.5 cm³/mol. The summed E-state index contributed by atoms with van der Waals surface area (Å²) in [5, 5.41) is 11.0. The maximum Gasteiger partial charge on any atom is 0.258 e. The van der Waals surface area contributed by atoms with Crippen molar-refractivity contribution in [2.24, 2.45) is 7.05 Å². The molecule has 2 saturated heterocycles. The molecule has 1 amide bonds. The topological polar surface area (TPSA) is 68.2 Å². The van der Waals surface area contributed by atoms with Crippen LogP contribution in [-0.4, -0.2) is 40.4 Å². The Hall–Kier alpha value is -1.27. The number of nitrogens with zero attached hydrogens (tertiary/aromatic N) is 2. The van der Waals surface area contributed by atoms with Gasteiger partial charge in [-0.2, -0.15) is 5.10 Å². The second-order valence-electron chi connectivity index (χ2n) is 6.29. The summed E-state index contributed by atoms with van der Waals surface area (Å²) in [4.78, 5) is 12.1. The number of ether oxygens (including phenoxy) is 1. The fraction of sp³-hybridized carbons (Fsp3) is 0.733. The van der Waals surface area contributed by atoms with Gasteiger partial charge in [-0.15, -0.1) is 12.4 Å². The SMILES string of the molecule is Cc1nn(C)c(C)c1OCC(=O)NC1CC2CCC(C1)N2.Cl. The van der Waals surface area contributed by atoms with Gasteiger partial charge in [-0.1, -0.05) is 0 Å². The van der Waals surface area contributed by atoms with Crippen molar-refractivity contribution in [1.29, 1.82) is 0 Å². The van der Waals surface area contributed by atoms with E-state index in [1.54, 1.807) is 4.68 Å². The largest absolute Gasteiger partial charge is 0.480 e. The Balaban J connectivity index is 0.00000176. The number of piperidine rings is 1. The van der Waals surface area contributed by atoms with E-state index < -0.39 is 0 Å². The number of carbonyl (C=O) groups is 1. The molecule has 0 saturated carbocycles. The lowest BCUT2D eigenvalue weighted by atomic mass is 10.00. The highest BCUT2D eigenvalue weighted by Gasteiger charge is 2.34. The highest BCUT2D eigenvalue weighted by Crippen LogP contribution is 2.26. The number of carbonyl (C=O) groups excluding carboxylic acids is 1. The Labute approximate surface area is 137 Å². The molecule has 2 unspecified atom stereocenters. The number of hydrogen-bond acceptors (Lipinski definition) is 4. The Morgan fingerprint density at radius 2 is 2.00 bits per heavy atom. The average Bonchev–Trinajstić information content (AvgIpc) is 2.88. The van der Waals surface area contributed by atoms with E-state index in [-0.39, 0.29) is 31.0 Å². The molecule has 0 aliphatic carbocycles. The van der Waals surface area contributed by atoms with Crippen molar-refractivity contribution in [3.8, 4) is 5.75 Å². The van der Waals surface area contributed by atoms with Crippen molar-refractivity contribution in [2.45, 2.75) is 57.7 Å². The fourth-order valence-corrected chi connectivity index (χ4v) is 3.55. The molecule has 124 valence electrons. The molecular weight excluding hydrogens is 304 g/mol. The summed E-state index contributed by atoms with van der Waals surface area (Å²) in [5.74, 6) is 0.682. The second-order valence-corrected chi connectivity index (χ2v) is 6.29. The molecule has 2 aliphatic heterocycles. The van der Waals surface area contributed by atoms with E-state index in [2.05, 4.69) is 15.7 Å². The van der Waals surface area contributed by atoms with Gasteiger partial charge in [0.2, 0.25) is 0 Å². The smallest absolute Gasteiger partial charge is 0.258 e. The van der Waals surface area contributed by atoms with E-state index in [4.69, 9.17) is 4.74 Å². The Morgan fingerprint density at radius 3 is 2.55 bits per heavy atom. The molecule has 1 aromatic rings. The van der Waals surface area contributed by atoms with E-state index in [0.29, 0.717) is 12.1 Å². The molecule has 2 N–H and O–H groups in total. The molecule has 1 aromatic heterocycles. The minimum absolute atomic E-state index is 0. The number of aromatic nitrogens is 2. The average molecular weight is 329 g/mol. The lowest BCUT2D eigenvalue weighted by Gasteiger charge is -2.29. The highest BCUT2D eigenvalue weighted by atomic mass is 35.5. The van der Waals surface area contributed by atoms with Gasteiger partial charge in [0.1, 0.15) is 5.69 Å². The molecule has 2 bridgehead atoms. The van der Waals surface area contributed by atoms with Crippen LogP contribution in [0, 0.1) is 13.8 Å². The summed E-state index contributed by atoms with van der Waals surface area (Å²) in [6.45, 7) is 3.90. The number of rotatable bonds is 4. The lowest BCUT2D eigenvalue weighted by molar-refractivity contribution is -0.124. The van der Waals surface area contributed by atoms with Crippen LogP contribution in [0.2, 0.25) is 0 Å². The van der Waals surface area contributed by atoms with Crippen molar-refractivity contribution >= 4 is 18.3 Å². The first-order valence-electron chi connectivity index (χ1n) is 7.71. The second kappa shape index (κ2) is 6.87. The molecule has 7 heteroatoms. The van der Waals surface area contributed by atoms with Crippen LogP contribution in [0.15, 0.2) is 0 Å². The molecule has 6 nitrogen and oxygen atoms in total. The first kappa shape index (κ1) is 17.1. The third-order valence-corrected chi connectivity index (χ3v) is 4.63. The minimum Gasteiger partial charge on any atom is -0.480 e. The highest BCUT2D eigenvalue weighted by molar-refractivity contribution is 5.85. The summed E-state index contributed by atoms with van der Waals surface area (Å²) in [5.41, 5.74) is 1.77. The van der Waals surface area contributed by atoms with Gasteiger partial charge in [0, 0.05) is 25.2 Å². The van der Waals surface area contributed by atoms with Crippen molar-refractivity contribution in [3.63, 3.8) is 0 Å². The van der Waals surface area contributed by atoms with Gasteiger partial charge in [-0.05, 0) is 39.5 Å². The standard InChI is InChI=1S/C15H24N4O2.ClH/c1-9-15(10(2)19(3)18-9)21-8-14(20)17-13-6-11-4-5-12(7-13)16-11;/h11-13,16H,4-8H2,1-3H3,(H,17,20);1H. The molecule has 0 radical (unpaired) electrons. The first-order valence-corrected chi connectivity index (χ1v) is 7.71.